The summed E-state index contributed by atoms with van der Waals surface area (Å²) in [7, 11) is 0. The highest BCUT2D eigenvalue weighted by Gasteiger charge is 2.31. The Bertz CT molecular complexity index is 313. The largest absolute Gasteiger partial charge is 0.573 e. The lowest BCUT2D eigenvalue weighted by Crippen LogP contribution is -2.17. The molecule has 0 aliphatic heterocycles. The van der Waals surface area contributed by atoms with Gasteiger partial charge in [0, 0.05) is 4.90 Å². The van der Waals surface area contributed by atoms with E-state index in [1.165, 1.54) is 18.2 Å². The summed E-state index contributed by atoms with van der Waals surface area (Å²) in [6, 6.07) is 4.03. The van der Waals surface area contributed by atoms with Crippen molar-refractivity contribution in [2.75, 3.05) is 0 Å². The molecular formula is C7H4BrF3OS. The Morgan fingerprint density at radius 1 is 1.31 bits per heavy atom. The maximum Gasteiger partial charge on any atom is 0.573 e. The topological polar surface area (TPSA) is 9.23 Å². The van der Waals surface area contributed by atoms with E-state index in [0.717, 1.165) is 0 Å². The second-order valence-corrected chi connectivity index (χ2v) is 3.53. The number of ether oxygens (including phenoxy) is 1. The normalized spacial score (nSPS) is 11.5. The van der Waals surface area contributed by atoms with E-state index in [0.29, 0.717) is 4.90 Å². The van der Waals surface area contributed by atoms with Crippen LogP contribution in [0, 0.1) is 0 Å². The van der Waals surface area contributed by atoms with Crippen LogP contribution < -0.4 is 4.74 Å². The number of halogens is 4. The lowest BCUT2D eigenvalue weighted by atomic mass is 10.3. The number of rotatable bonds is 1. The second kappa shape index (κ2) is 3.79. The first-order valence-electron chi connectivity index (χ1n) is 3.13. The van der Waals surface area contributed by atoms with Gasteiger partial charge in [-0.2, -0.15) is 0 Å². The standard InChI is InChI=1S/C7H4BrF3OS/c8-5-3-4(13)1-2-6(5)12-7(9,10)11/h1-3,13H. The number of hydrogen-bond donors (Lipinski definition) is 1. The average Bonchev–Trinajstić information content (AvgIpc) is 1.93. The molecule has 0 aromatic heterocycles. The summed E-state index contributed by atoms with van der Waals surface area (Å²) >= 11 is 6.87. The summed E-state index contributed by atoms with van der Waals surface area (Å²) in [4.78, 5) is 0.557. The summed E-state index contributed by atoms with van der Waals surface area (Å²) in [5.41, 5.74) is 0. The first kappa shape index (κ1) is 10.7. The summed E-state index contributed by atoms with van der Waals surface area (Å²) in [6.45, 7) is 0. The maximum absolute atomic E-state index is 11.8. The molecule has 72 valence electrons. The minimum absolute atomic E-state index is 0.220. The zero-order valence-corrected chi connectivity index (χ0v) is 8.58. The second-order valence-electron chi connectivity index (χ2n) is 2.16. The Kier molecular flexibility index (Phi) is 3.13. The van der Waals surface area contributed by atoms with Crippen molar-refractivity contribution >= 4 is 28.6 Å². The quantitative estimate of drug-likeness (QED) is 0.768. The fourth-order valence-corrected chi connectivity index (χ4v) is 1.54. The molecule has 0 bridgehead atoms. The number of benzene rings is 1. The van der Waals surface area contributed by atoms with E-state index in [2.05, 4.69) is 33.3 Å². The van der Waals surface area contributed by atoms with Gasteiger partial charge in [0.2, 0.25) is 0 Å². The number of hydrogen-bond acceptors (Lipinski definition) is 2. The van der Waals surface area contributed by atoms with Gasteiger partial charge in [-0.05, 0) is 34.1 Å². The molecule has 13 heavy (non-hydrogen) atoms. The van der Waals surface area contributed by atoms with Crippen molar-refractivity contribution in [2.24, 2.45) is 0 Å². The van der Waals surface area contributed by atoms with Crippen molar-refractivity contribution in [3.05, 3.63) is 22.7 Å². The van der Waals surface area contributed by atoms with Crippen molar-refractivity contribution < 1.29 is 17.9 Å². The SMILES string of the molecule is FC(F)(F)Oc1ccc(S)cc1Br. The van der Waals surface area contributed by atoms with Gasteiger partial charge in [0.05, 0.1) is 4.47 Å². The third-order valence-corrected chi connectivity index (χ3v) is 2.04. The molecule has 0 aliphatic carbocycles. The lowest BCUT2D eigenvalue weighted by molar-refractivity contribution is -0.274. The molecule has 1 nitrogen and oxygen atoms in total. The molecule has 0 atom stereocenters. The molecule has 0 spiro atoms. The van der Waals surface area contributed by atoms with Gasteiger partial charge in [0.15, 0.2) is 0 Å². The summed E-state index contributed by atoms with van der Waals surface area (Å²) < 4.78 is 39.2. The van der Waals surface area contributed by atoms with E-state index in [1.807, 2.05) is 0 Å². The van der Waals surface area contributed by atoms with E-state index < -0.39 is 6.36 Å². The molecule has 0 aliphatic rings. The smallest absolute Gasteiger partial charge is 0.405 e. The fraction of sp³-hybridized carbons (Fsp3) is 0.143. The van der Waals surface area contributed by atoms with Crippen LogP contribution in [-0.2, 0) is 0 Å². The molecule has 1 aromatic carbocycles. The van der Waals surface area contributed by atoms with Crippen molar-refractivity contribution in [3.8, 4) is 5.75 Å². The van der Waals surface area contributed by atoms with Gasteiger partial charge < -0.3 is 4.74 Å². The third-order valence-electron chi connectivity index (χ3n) is 1.14. The van der Waals surface area contributed by atoms with E-state index in [1.54, 1.807) is 0 Å². The van der Waals surface area contributed by atoms with Gasteiger partial charge in [-0.15, -0.1) is 25.8 Å². The Balaban J connectivity index is 2.90. The van der Waals surface area contributed by atoms with E-state index in [9.17, 15) is 13.2 Å². The Morgan fingerprint density at radius 3 is 2.38 bits per heavy atom. The van der Waals surface area contributed by atoms with Gasteiger partial charge in [-0.1, -0.05) is 0 Å². The molecule has 0 saturated heterocycles. The predicted octanol–water partition coefficient (Wildman–Crippen LogP) is 3.64. The van der Waals surface area contributed by atoms with Gasteiger partial charge >= 0.3 is 6.36 Å². The van der Waals surface area contributed by atoms with Gasteiger partial charge in [0.25, 0.3) is 0 Å². The van der Waals surface area contributed by atoms with Crippen LogP contribution in [0.5, 0.6) is 5.75 Å². The highest BCUT2D eigenvalue weighted by atomic mass is 79.9. The van der Waals surface area contributed by atoms with Crippen LogP contribution in [0.2, 0.25) is 0 Å². The van der Waals surface area contributed by atoms with E-state index in [-0.39, 0.29) is 10.2 Å². The molecule has 6 heteroatoms. The summed E-state index contributed by atoms with van der Waals surface area (Å²) in [5, 5.41) is 0. The van der Waals surface area contributed by atoms with Crippen molar-refractivity contribution in [3.63, 3.8) is 0 Å². The molecule has 1 aromatic rings. The Morgan fingerprint density at radius 2 is 1.92 bits per heavy atom. The molecule has 0 heterocycles. The molecule has 0 saturated carbocycles. The van der Waals surface area contributed by atoms with Crippen LogP contribution in [0.4, 0.5) is 13.2 Å². The van der Waals surface area contributed by atoms with Gasteiger partial charge in [-0.25, -0.2) is 0 Å². The molecule has 1 rings (SSSR count). The highest BCUT2D eigenvalue weighted by Crippen LogP contribution is 2.31. The minimum Gasteiger partial charge on any atom is -0.405 e. The van der Waals surface area contributed by atoms with Crippen LogP contribution >= 0.6 is 28.6 Å². The van der Waals surface area contributed by atoms with Crippen LogP contribution in [-0.4, -0.2) is 6.36 Å². The van der Waals surface area contributed by atoms with Crippen molar-refractivity contribution in [1.82, 2.24) is 0 Å². The zero-order valence-electron chi connectivity index (χ0n) is 6.10. The molecule has 0 N–H and O–H groups in total. The third kappa shape index (κ3) is 3.48. The van der Waals surface area contributed by atoms with Gasteiger partial charge in [0.1, 0.15) is 5.75 Å². The zero-order chi connectivity index (χ0) is 10.1. The van der Waals surface area contributed by atoms with E-state index >= 15 is 0 Å². The van der Waals surface area contributed by atoms with Crippen LogP contribution in [0.25, 0.3) is 0 Å². The lowest BCUT2D eigenvalue weighted by Gasteiger charge is -2.10. The molecule has 0 unspecified atom stereocenters. The first-order valence-corrected chi connectivity index (χ1v) is 4.37. The highest BCUT2D eigenvalue weighted by molar-refractivity contribution is 9.10. The minimum atomic E-state index is -4.67. The van der Waals surface area contributed by atoms with Crippen LogP contribution in [0.1, 0.15) is 0 Å². The van der Waals surface area contributed by atoms with Crippen LogP contribution in [0.15, 0.2) is 27.6 Å². The monoisotopic (exact) mass is 272 g/mol. The Hall–Kier alpha value is -0.360. The number of alkyl halides is 3. The predicted molar refractivity (Wildman–Crippen MR) is 48.1 cm³/mol. The van der Waals surface area contributed by atoms with Crippen LogP contribution in [0.3, 0.4) is 0 Å². The molecule has 0 radical (unpaired) electrons. The maximum atomic E-state index is 11.8. The van der Waals surface area contributed by atoms with E-state index in [4.69, 9.17) is 0 Å². The summed E-state index contributed by atoms with van der Waals surface area (Å²) in [6.07, 6.45) is -4.67. The summed E-state index contributed by atoms with van der Waals surface area (Å²) in [5.74, 6) is -0.273. The number of thiol groups is 1. The Labute approximate surface area is 86.4 Å². The molecule has 0 fully saturated rings. The fourth-order valence-electron chi connectivity index (χ4n) is 0.697. The first-order chi connectivity index (χ1) is 5.88. The van der Waals surface area contributed by atoms with Crippen molar-refractivity contribution in [1.29, 1.82) is 0 Å². The van der Waals surface area contributed by atoms with Gasteiger partial charge in [-0.3, -0.25) is 0 Å². The molecule has 0 amide bonds. The average molecular weight is 273 g/mol. The molecular weight excluding hydrogens is 269 g/mol. The van der Waals surface area contributed by atoms with Crippen molar-refractivity contribution in [2.45, 2.75) is 11.3 Å².